The molecule has 3 N–H and O–H groups in total. The highest BCUT2D eigenvalue weighted by molar-refractivity contribution is 9.12. The monoisotopic (exact) mass is 402 g/mol. The van der Waals surface area contributed by atoms with Crippen molar-refractivity contribution in [3.05, 3.63) is 54.6 Å². The van der Waals surface area contributed by atoms with E-state index in [1.165, 1.54) is 5.56 Å². The fraction of sp³-hybridized carbons (Fsp3) is 0.286. The van der Waals surface area contributed by atoms with E-state index in [1.807, 2.05) is 0 Å². The molecule has 0 aliphatic heterocycles. The third-order valence-electron chi connectivity index (χ3n) is 3.10. The summed E-state index contributed by atoms with van der Waals surface area (Å²) >= 11 is 8.74. The van der Waals surface area contributed by atoms with Gasteiger partial charge in [-0.25, -0.2) is 5.43 Å². The number of benzene rings is 1. The molecule has 5 heteroatoms. The van der Waals surface area contributed by atoms with E-state index in [2.05, 4.69) is 81.5 Å². The number of nitrogens with two attached hydrogens (primary N) is 1. The van der Waals surface area contributed by atoms with Gasteiger partial charge in [0.2, 0.25) is 0 Å². The van der Waals surface area contributed by atoms with Gasteiger partial charge in [-0.3, -0.25) is 5.84 Å². The molecule has 2 rings (SSSR count). The molecule has 0 bridgehead atoms. The van der Waals surface area contributed by atoms with Gasteiger partial charge < -0.3 is 0 Å². The number of halogens is 2. The Morgan fingerprint density at radius 3 is 2.11 bits per heavy atom. The minimum absolute atomic E-state index is 0.00172. The molecule has 19 heavy (non-hydrogen) atoms. The molecule has 1 aromatic carbocycles. The van der Waals surface area contributed by atoms with E-state index < -0.39 is 0 Å². The molecule has 1 unspecified atom stereocenters. The molecule has 2 nitrogen and oxygen atoms in total. The first-order valence-corrected chi connectivity index (χ1v) is 8.44. The maximum atomic E-state index is 5.73. The molecule has 0 aliphatic rings. The lowest BCUT2D eigenvalue weighted by Gasteiger charge is -2.17. The molecule has 0 spiro atoms. The molecule has 0 saturated heterocycles. The highest BCUT2D eigenvalue weighted by Crippen LogP contribution is 2.37. The van der Waals surface area contributed by atoms with E-state index in [0.717, 1.165) is 18.7 Å². The maximum Gasteiger partial charge on any atom is 0.0762 e. The van der Waals surface area contributed by atoms with Crippen molar-refractivity contribution in [2.45, 2.75) is 25.8 Å². The molecule has 0 amide bonds. The lowest BCUT2D eigenvalue weighted by atomic mass is 9.97. The third kappa shape index (κ3) is 3.47. The largest absolute Gasteiger partial charge is 0.271 e. The van der Waals surface area contributed by atoms with Gasteiger partial charge in [0.1, 0.15) is 0 Å². The Morgan fingerprint density at radius 1 is 1.11 bits per heavy atom. The number of hydrazine groups is 1. The van der Waals surface area contributed by atoms with Crippen LogP contribution < -0.4 is 11.3 Å². The molecule has 0 radical (unpaired) electrons. The van der Waals surface area contributed by atoms with E-state index in [1.54, 1.807) is 11.3 Å². The minimum atomic E-state index is -0.00172. The summed E-state index contributed by atoms with van der Waals surface area (Å²) < 4.78 is 2.18. The van der Waals surface area contributed by atoms with Crippen molar-refractivity contribution in [2.75, 3.05) is 0 Å². The zero-order valence-electron chi connectivity index (χ0n) is 10.8. The van der Waals surface area contributed by atoms with Crippen molar-refractivity contribution in [1.29, 1.82) is 0 Å². The summed E-state index contributed by atoms with van der Waals surface area (Å²) in [6.07, 6.45) is 0. The van der Waals surface area contributed by atoms with Gasteiger partial charge in [-0.2, -0.15) is 0 Å². The summed E-state index contributed by atoms with van der Waals surface area (Å²) in [7, 11) is 0. The standard InChI is InChI=1S/C14H16Br2N2S/c1-8(2)9-3-5-10(6-4-9)13(18-17)11-7-12(15)19-14(11)16/h3-8,13,18H,17H2,1-2H3. The summed E-state index contributed by atoms with van der Waals surface area (Å²) in [5.41, 5.74) is 6.55. The van der Waals surface area contributed by atoms with Crippen molar-refractivity contribution in [1.82, 2.24) is 5.43 Å². The molecule has 2 aromatic rings. The minimum Gasteiger partial charge on any atom is -0.271 e. The van der Waals surface area contributed by atoms with E-state index >= 15 is 0 Å². The highest BCUT2D eigenvalue weighted by Gasteiger charge is 2.18. The fourth-order valence-corrected chi connectivity index (χ4v) is 4.89. The quantitative estimate of drug-likeness (QED) is 0.559. The van der Waals surface area contributed by atoms with E-state index in [-0.39, 0.29) is 6.04 Å². The van der Waals surface area contributed by atoms with Crippen molar-refractivity contribution >= 4 is 43.2 Å². The maximum absolute atomic E-state index is 5.73. The summed E-state index contributed by atoms with van der Waals surface area (Å²) in [6.45, 7) is 4.39. The number of hydrogen-bond acceptors (Lipinski definition) is 3. The van der Waals surface area contributed by atoms with Gasteiger partial charge in [-0.1, -0.05) is 38.1 Å². The van der Waals surface area contributed by atoms with Crippen LogP contribution in [0.4, 0.5) is 0 Å². The van der Waals surface area contributed by atoms with Crippen LogP contribution in [0.2, 0.25) is 0 Å². The van der Waals surface area contributed by atoms with Crippen LogP contribution in [0, 0.1) is 0 Å². The lowest BCUT2D eigenvalue weighted by Crippen LogP contribution is -2.28. The Kier molecular flexibility index (Phi) is 5.20. The van der Waals surface area contributed by atoms with Gasteiger partial charge in [-0.05, 0) is 55.0 Å². The van der Waals surface area contributed by atoms with Crippen molar-refractivity contribution in [3.8, 4) is 0 Å². The van der Waals surface area contributed by atoms with Crippen LogP contribution in [-0.4, -0.2) is 0 Å². The highest BCUT2D eigenvalue weighted by atomic mass is 79.9. The van der Waals surface area contributed by atoms with Crippen LogP contribution in [0.5, 0.6) is 0 Å². The second-order valence-electron chi connectivity index (χ2n) is 4.70. The van der Waals surface area contributed by atoms with Gasteiger partial charge in [0.15, 0.2) is 0 Å². The first kappa shape index (κ1) is 15.2. The number of thiophene rings is 1. The van der Waals surface area contributed by atoms with Crippen LogP contribution in [0.3, 0.4) is 0 Å². The molecular weight excluding hydrogens is 388 g/mol. The number of hydrogen-bond donors (Lipinski definition) is 2. The van der Waals surface area contributed by atoms with Gasteiger partial charge in [0.05, 0.1) is 13.6 Å². The molecule has 102 valence electrons. The predicted molar refractivity (Wildman–Crippen MR) is 89.4 cm³/mol. The Hall–Kier alpha value is -0.200. The predicted octanol–water partition coefficient (Wildman–Crippen LogP) is 4.95. The molecule has 1 heterocycles. The van der Waals surface area contributed by atoms with Crippen LogP contribution in [-0.2, 0) is 0 Å². The number of nitrogens with one attached hydrogen (secondary N) is 1. The Balaban J connectivity index is 2.34. The van der Waals surface area contributed by atoms with Gasteiger partial charge >= 0.3 is 0 Å². The summed E-state index contributed by atoms with van der Waals surface area (Å²) in [4.78, 5) is 0. The average molecular weight is 404 g/mol. The first-order chi connectivity index (χ1) is 9.02. The fourth-order valence-electron chi connectivity index (χ4n) is 1.99. The summed E-state index contributed by atoms with van der Waals surface area (Å²) in [5.74, 6) is 6.27. The zero-order chi connectivity index (χ0) is 14.0. The summed E-state index contributed by atoms with van der Waals surface area (Å²) in [5, 5.41) is 0. The summed E-state index contributed by atoms with van der Waals surface area (Å²) in [6, 6.07) is 10.7. The SMILES string of the molecule is CC(C)c1ccc(C(NN)c2cc(Br)sc2Br)cc1. The average Bonchev–Trinajstić information content (AvgIpc) is 2.70. The molecule has 1 atom stereocenters. The van der Waals surface area contributed by atoms with E-state index in [4.69, 9.17) is 5.84 Å². The second-order valence-corrected chi connectivity index (χ2v) is 8.45. The second kappa shape index (κ2) is 6.50. The molecular formula is C14H16Br2N2S. The van der Waals surface area contributed by atoms with Crippen LogP contribution in [0.25, 0.3) is 0 Å². The van der Waals surface area contributed by atoms with Crippen molar-refractivity contribution in [3.63, 3.8) is 0 Å². The normalized spacial score (nSPS) is 12.9. The number of rotatable bonds is 4. The van der Waals surface area contributed by atoms with Gasteiger partial charge in [0, 0.05) is 5.56 Å². The molecule has 1 aromatic heterocycles. The van der Waals surface area contributed by atoms with Crippen molar-refractivity contribution < 1.29 is 0 Å². The Labute approximate surface area is 134 Å². The molecule has 0 fully saturated rings. The van der Waals surface area contributed by atoms with E-state index in [0.29, 0.717) is 5.92 Å². The molecule has 0 saturated carbocycles. The molecule has 0 aliphatic carbocycles. The Bertz CT molecular complexity index is 549. The Morgan fingerprint density at radius 2 is 1.68 bits per heavy atom. The van der Waals surface area contributed by atoms with E-state index in [9.17, 15) is 0 Å². The topological polar surface area (TPSA) is 38.0 Å². The van der Waals surface area contributed by atoms with Gasteiger partial charge in [-0.15, -0.1) is 11.3 Å². The van der Waals surface area contributed by atoms with Crippen LogP contribution >= 0.6 is 43.2 Å². The first-order valence-electron chi connectivity index (χ1n) is 6.03. The van der Waals surface area contributed by atoms with Crippen molar-refractivity contribution in [2.24, 2.45) is 5.84 Å². The van der Waals surface area contributed by atoms with Crippen LogP contribution in [0.1, 0.15) is 42.5 Å². The smallest absolute Gasteiger partial charge is 0.0762 e. The zero-order valence-corrected chi connectivity index (χ0v) is 14.8. The van der Waals surface area contributed by atoms with Crippen LogP contribution in [0.15, 0.2) is 37.9 Å². The lowest BCUT2D eigenvalue weighted by molar-refractivity contribution is 0.636. The third-order valence-corrected chi connectivity index (χ3v) is 5.48. The van der Waals surface area contributed by atoms with Gasteiger partial charge in [0.25, 0.3) is 0 Å².